The summed E-state index contributed by atoms with van der Waals surface area (Å²) >= 11 is 0. The highest BCUT2D eigenvalue weighted by molar-refractivity contribution is 5.71. The molecule has 26 heavy (non-hydrogen) atoms. The average molecular weight is 350 g/mol. The fourth-order valence-electron chi connectivity index (χ4n) is 2.75. The van der Waals surface area contributed by atoms with Crippen LogP contribution in [0.5, 0.6) is 17.2 Å². The molecule has 6 heteroatoms. The van der Waals surface area contributed by atoms with E-state index in [0.29, 0.717) is 19.4 Å². The van der Waals surface area contributed by atoms with Gasteiger partial charge in [0.25, 0.3) is 0 Å². The highest BCUT2D eigenvalue weighted by atomic mass is 16.6. The number of esters is 1. The number of ether oxygens (including phenoxy) is 3. The minimum absolute atomic E-state index is 0.146. The normalized spacial score (nSPS) is 16.3. The van der Waals surface area contributed by atoms with Crippen molar-refractivity contribution in [2.24, 2.45) is 0 Å². The van der Waals surface area contributed by atoms with Gasteiger partial charge in [-0.15, -0.1) is 0 Å². The minimum Gasteiger partial charge on any atom is -0.490 e. The zero-order chi connectivity index (χ0) is 17.8. The van der Waals surface area contributed by atoms with Crippen molar-refractivity contribution >= 4 is 5.97 Å². The molecule has 0 aliphatic carbocycles. The summed E-state index contributed by atoms with van der Waals surface area (Å²) in [5, 5.41) is 6.88. The van der Waals surface area contributed by atoms with Gasteiger partial charge in [-0.05, 0) is 66.6 Å². The Labute approximate surface area is 150 Å². The number of hydrogen-bond donors (Lipinski definition) is 1. The van der Waals surface area contributed by atoms with E-state index in [2.05, 4.69) is 10.2 Å². The summed E-state index contributed by atoms with van der Waals surface area (Å²) in [7, 11) is 0. The molecule has 1 N–H and O–H groups in total. The molecule has 132 valence electrons. The van der Waals surface area contributed by atoms with Crippen LogP contribution in [0.15, 0.2) is 60.8 Å². The van der Waals surface area contributed by atoms with Gasteiger partial charge in [-0.3, -0.25) is 9.89 Å². The molecule has 1 atom stereocenters. The number of aromatic amines is 1. The number of aromatic nitrogens is 2. The molecule has 0 bridgehead atoms. The first-order chi connectivity index (χ1) is 12.8. The van der Waals surface area contributed by atoms with E-state index in [1.54, 1.807) is 6.20 Å². The molecular weight excluding hydrogens is 332 g/mol. The van der Waals surface area contributed by atoms with E-state index >= 15 is 0 Å². The molecule has 1 aliphatic rings. The summed E-state index contributed by atoms with van der Waals surface area (Å²) in [6.07, 6.45) is 2.76. The Hall–Kier alpha value is -3.28. The Morgan fingerprint density at radius 3 is 2.31 bits per heavy atom. The smallest absolute Gasteiger partial charge is 0.306 e. The van der Waals surface area contributed by atoms with E-state index in [-0.39, 0.29) is 12.1 Å². The highest BCUT2D eigenvalue weighted by Crippen LogP contribution is 2.26. The second kappa shape index (κ2) is 7.31. The van der Waals surface area contributed by atoms with Crippen molar-refractivity contribution in [1.29, 1.82) is 0 Å². The number of nitrogens with one attached hydrogen (secondary N) is 1. The lowest BCUT2D eigenvalue weighted by Gasteiger charge is -2.12. The van der Waals surface area contributed by atoms with E-state index < -0.39 is 0 Å². The number of rotatable bonds is 6. The van der Waals surface area contributed by atoms with Crippen molar-refractivity contribution in [2.45, 2.75) is 18.9 Å². The third-order valence-corrected chi connectivity index (χ3v) is 4.13. The van der Waals surface area contributed by atoms with E-state index in [0.717, 1.165) is 28.5 Å². The van der Waals surface area contributed by atoms with Gasteiger partial charge in [-0.25, -0.2) is 0 Å². The van der Waals surface area contributed by atoms with Crippen molar-refractivity contribution in [3.8, 4) is 28.5 Å². The van der Waals surface area contributed by atoms with Gasteiger partial charge in [0, 0.05) is 12.6 Å². The molecule has 0 radical (unpaired) electrons. The summed E-state index contributed by atoms with van der Waals surface area (Å²) in [5.74, 6) is 2.04. The molecule has 0 amide bonds. The van der Waals surface area contributed by atoms with Crippen LogP contribution in [0.2, 0.25) is 0 Å². The largest absolute Gasteiger partial charge is 0.490 e. The summed E-state index contributed by atoms with van der Waals surface area (Å²) in [5.41, 5.74) is 2.01. The minimum atomic E-state index is -0.152. The molecule has 2 aromatic carbocycles. The Morgan fingerprint density at radius 2 is 1.69 bits per heavy atom. The Morgan fingerprint density at radius 1 is 1.00 bits per heavy atom. The van der Waals surface area contributed by atoms with Crippen molar-refractivity contribution < 1.29 is 19.0 Å². The summed E-state index contributed by atoms with van der Waals surface area (Å²) < 4.78 is 16.6. The lowest BCUT2D eigenvalue weighted by Crippen LogP contribution is -2.17. The highest BCUT2D eigenvalue weighted by Gasteiger charge is 2.23. The summed E-state index contributed by atoms with van der Waals surface area (Å²) in [4.78, 5) is 11.1. The first-order valence-corrected chi connectivity index (χ1v) is 8.46. The first-order valence-electron chi connectivity index (χ1n) is 8.46. The number of carbonyl (C=O) groups is 1. The van der Waals surface area contributed by atoms with E-state index in [1.807, 2.05) is 54.6 Å². The van der Waals surface area contributed by atoms with Crippen LogP contribution in [0.4, 0.5) is 0 Å². The van der Waals surface area contributed by atoms with Crippen molar-refractivity contribution in [2.75, 3.05) is 6.61 Å². The molecule has 0 saturated carbocycles. The maximum atomic E-state index is 11.1. The third kappa shape index (κ3) is 3.85. The van der Waals surface area contributed by atoms with Crippen LogP contribution in [0.25, 0.3) is 11.3 Å². The predicted molar refractivity (Wildman–Crippen MR) is 95.1 cm³/mol. The Bertz CT molecular complexity index is 858. The van der Waals surface area contributed by atoms with Gasteiger partial charge in [0.2, 0.25) is 0 Å². The number of cyclic esters (lactones) is 1. The fraction of sp³-hybridized carbons (Fsp3) is 0.200. The zero-order valence-electron chi connectivity index (χ0n) is 14.1. The van der Waals surface area contributed by atoms with E-state index in [1.165, 1.54) is 0 Å². The van der Waals surface area contributed by atoms with Crippen molar-refractivity contribution in [1.82, 2.24) is 10.2 Å². The molecule has 0 unspecified atom stereocenters. The molecule has 1 aromatic heterocycles. The molecule has 1 saturated heterocycles. The Kier molecular flexibility index (Phi) is 4.55. The van der Waals surface area contributed by atoms with Crippen LogP contribution in [0.3, 0.4) is 0 Å². The van der Waals surface area contributed by atoms with Gasteiger partial charge >= 0.3 is 5.97 Å². The van der Waals surface area contributed by atoms with Crippen molar-refractivity contribution in [3.05, 3.63) is 60.8 Å². The average Bonchev–Trinajstić information content (AvgIpc) is 3.34. The molecule has 1 fully saturated rings. The molecular formula is C20H18N2O4. The SMILES string of the molecule is O=C1CC[C@@H](COc2ccc(Oc3ccc(-c4ccn[nH]4)cc3)cc2)O1. The van der Waals surface area contributed by atoms with Crippen LogP contribution in [-0.2, 0) is 9.53 Å². The first kappa shape index (κ1) is 16.2. The molecule has 1 aliphatic heterocycles. The van der Waals surface area contributed by atoms with Gasteiger partial charge in [0.05, 0.1) is 5.69 Å². The number of benzene rings is 2. The van der Waals surface area contributed by atoms with E-state index in [9.17, 15) is 4.79 Å². The Balaban J connectivity index is 1.33. The molecule has 0 spiro atoms. The van der Waals surface area contributed by atoms with Gasteiger partial charge < -0.3 is 14.2 Å². The maximum absolute atomic E-state index is 11.1. The molecule has 2 heterocycles. The van der Waals surface area contributed by atoms with Crippen molar-refractivity contribution in [3.63, 3.8) is 0 Å². The van der Waals surface area contributed by atoms with Crippen LogP contribution in [0, 0.1) is 0 Å². The molecule has 6 nitrogen and oxygen atoms in total. The second-order valence-corrected chi connectivity index (χ2v) is 6.03. The number of H-pyrrole nitrogens is 1. The van der Waals surface area contributed by atoms with Gasteiger partial charge in [-0.1, -0.05) is 0 Å². The molecule has 3 aromatic rings. The van der Waals surface area contributed by atoms with Gasteiger partial charge in [-0.2, -0.15) is 5.10 Å². The van der Waals surface area contributed by atoms with Crippen LogP contribution >= 0.6 is 0 Å². The number of nitrogens with zero attached hydrogens (tertiary/aromatic N) is 1. The quantitative estimate of drug-likeness (QED) is 0.681. The van der Waals surface area contributed by atoms with Crippen LogP contribution in [0.1, 0.15) is 12.8 Å². The number of hydrogen-bond acceptors (Lipinski definition) is 5. The molecule has 4 rings (SSSR count). The number of carbonyl (C=O) groups excluding carboxylic acids is 1. The predicted octanol–water partition coefficient (Wildman–Crippen LogP) is 3.95. The fourth-order valence-corrected chi connectivity index (χ4v) is 2.75. The van der Waals surface area contributed by atoms with Crippen LogP contribution in [-0.4, -0.2) is 28.9 Å². The lowest BCUT2D eigenvalue weighted by molar-refractivity contribution is -0.142. The van der Waals surface area contributed by atoms with Gasteiger partial charge in [0.15, 0.2) is 0 Å². The topological polar surface area (TPSA) is 73.4 Å². The summed E-state index contributed by atoms with van der Waals surface area (Å²) in [6.45, 7) is 0.376. The standard InChI is InChI=1S/C20H18N2O4/c23-20-10-9-18(26-20)13-24-15-5-7-17(8-6-15)25-16-3-1-14(2-4-16)19-11-12-21-22-19/h1-8,11-12,18H,9-10,13H2,(H,21,22)/t18-/m0/s1. The van der Waals surface area contributed by atoms with Gasteiger partial charge in [0.1, 0.15) is 30.0 Å². The summed E-state index contributed by atoms with van der Waals surface area (Å²) in [6, 6.07) is 17.1. The van der Waals surface area contributed by atoms with E-state index in [4.69, 9.17) is 14.2 Å². The third-order valence-electron chi connectivity index (χ3n) is 4.13. The second-order valence-electron chi connectivity index (χ2n) is 6.03. The van der Waals surface area contributed by atoms with Crippen LogP contribution < -0.4 is 9.47 Å². The zero-order valence-corrected chi connectivity index (χ0v) is 14.1. The monoisotopic (exact) mass is 350 g/mol. The lowest BCUT2D eigenvalue weighted by atomic mass is 10.1. The maximum Gasteiger partial charge on any atom is 0.306 e.